The second-order valence-electron chi connectivity index (χ2n) is 8.09. The lowest BCUT2D eigenvalue weighted by atomic mass is 9.95. The molecule has 0 aliphatic carbocycles. The van der Waals surface area contributed by atoms with Crippen LogP contribution in [0.25, 0.3) is 0 Å². The van der Waals surface area contributed by atoms with E-state index in [1.165, 1.54) is 12.2 Å². The molecule has 0 N–H and O–H groups in total. The van der Waals surface area contributed by atoms with Crippen molar-refractivity contribution in [2.45, 2.75) is 66.0 Å². The molecule has 0 saturated heterocycles. The lowest BCUT2D eigenvalue weighted by molar-refractivity contribution is -0.134. The number of azo groups is 1. The highest BCUT2D eigenvalue weighted by molar-refractivity contribution is 6.27. The molecule has 0 aromatic rings. The van der Waals surface area contributed by atoms with Gasteiger partial charge in [-0.25, -0.2) is 0 Å². The number of carbonyl (C=O) groups excluding carboxylic acids is 3. The largest absolute Gasteiger partial charge is 0.389 e. The van der Waals surface area contributed by atoms with Crippen LogP contribution in [0.4, 0.5) is 13.2 Å². The maximum absolute atomic E-state index is 12.9. The topological polar surface area (TPSA) is 75.9 Å². The molecule has 1 heterocycles. The molecule has 0 fully saturated rings. The number of allylic oxidation sites excluding steroid dienone is 10. The number of ketones is 3. The number of hydrogen-bond acceptors (Lipinski definition) is 5. The van der Waals surface area contributed by atoms with Crippen LogP contribution in [0, 0.1) is 0 Å². The minimum atomic E-state index is -4.45. The Bertz CT molecular complexity index is 1140. The van der Waals surface area contributed by atoms with Gasteiger partial charge in [-0.3, -0.25) is 14.4 Å². The zero-order valence-electron chi connectivity index (χ0n) is 21.7. The van der Waals surface area contributed by atoms with Crippen LogP contribution in [-0.2, 0) is 14.4 Å². The molecular weight excluding hydrogens is 481 g/mol. The Hall–Kier alpha value is -3.64. The first-order chi connectivity index (χ1) is 17.6. The summed E-state index contributed by atoms with van der Waals surface area (Å²) >= 11 is 0. The van der Waals surface area contributed by atoms with Crippen LogP contribution in [0.5, 0.6) is 0 Å². The molecule has 0 unspecified atom stereocenters. The predicted octanol–water partition coefficient (Wildman–Crippen LogP) is 7.61. The normalized spacial score (nSPS) is 18.0. The van der Waals surface area contributed by atoms with E-state index in [-0.39, 0.29) is 23.4 Å². The van der Waals surface area contributed by atoms with Crippen LogP contribution >= 0.6 is 0 Å². The van der Waals surface area contributed by atoms with Gasteiger partial charge in [-0.05, 0) is 81.1 Å². The van der Waals surface area contributed by atoms with Crippen LogP contribution in [-0.4, -0.2) is 30.1 Å². The van der Waals surface area contributed by atoms with Gasteiger partial charge < -0.3 is 0 Å². The number of carbonyl (C=O) groups is 3. The molecule has 0 spiro atoms. The number of rotatable bonds is 12. The summed E-state index contributed by atoms with van der Waals surface area (Å²) in [7, 11) is 0. The van der Waals surface area contributed by atoms with Crippen LogP contribution in [0.15, 0.2) is 98.6 Å². The summed E-state index contributed by atoms with van der Waals surface area (Å²) in [6, 6.07) is 0. The molecule has 0 radical (unpaired) electrons. The summed E-state index contributed by atoms with van der Waals surface area (Å²) in [5, 5.41) is 7.89. The van der Waals surface area contributed by atoms with Gasteiger partial charge in [0.1, 0.15) is 5.57 Å². The Morgan fingerprint density at radius 3 is 2.46 bits per heavy atom. The lowest BCUT2D eigenvalue weighted by Crippen LogP contribution is -2.13. The van der Waals surface area contributed by atoms with E-state index in [4.69, 9.17) is 0 Å². The Morgan fingerprint density at radius 1 is 1.14 bits per heavy atom. The minimum Gasteiger partial charge on any atom is -0.294 e. The van der Waals surface area contributed by atoms with Crippen LogP contribution < -0.4 is 0 Å². The average Bonchev–Trinajstić information content (AvgIpc) is 2.82. The van der Waals surface area contributed by atoms with Crippen LogP contribution in [0.3, 0.4) is 0 Å². The molecule has 198 valence electrons. The van der Waals surface area contributed by atoms with Gasteiger partial charge in [-0.1, -0.05) is 36.8 Å². The molecule has 1 rings (SSSR count). The van der Waals surface area contributed by atoms with Crippen molar-refractivity contribution in [3.63, 3.8) is 0 Å². The van der Waals surface area contributed by atoms with Crippen molar-refractivity contribution >= 4 is 17.3 Å². The fourth-order valence-corrected chi connectivity index (χ4v) is 3.48. The molecule has 5 nitrogen and oxygen atoms in total. The fourth-order valence-electron chi connectivity index (χ4n) is 3.48. The number of hydrogen-bond donors (Lipinski definition) is 0. The smallest absolute Gasteiger partial charge is 0.294 e. The van der Waals surface area contributed by atoms with E-state index in [1.807, 2.05) is 19.1 Å². The summed E-state index contributed by atoms with van der Waals surface area (Å²) in [4.78, 5) is 38.3. The number of nitrogens with zero attached hydrogens (tertiary/aromatic N) is 2. The summed E-state index contributed by atoms with van der Waals surface area (Å²) < 4.78 is 38.6. The molecule has 37 heavy (non-hydrogen) atoms. The van der Waals surface area contributed by atoms with Gasteiger partial charge in [0.15, 0.2) is 17.3 Å². The first-order valence-electron chi connectivity index (χ1n) is 12.0. The molecule has 0 bridgehead atoms. The van der Waals surface area contributed by atoms with Gasteiger partial charge in [0.05, 0.1) is 6.54 Å². The van der Waals surface area contributed by atoms with Crippen LogP contribution in [0.2, 0.25) is 0 Å². The maximum Gasteiger partial charge on any atom is 0.389 e. The average molecular weight is 515 g/mol. The Morgan fingerprint density at radius 2 is 1.86 bits per heavy atom. The van der Waals surface area contributed by atoms with Crippen molar-refractivity contribution in [1.82, 2.24) is 0 Å². The quantitative estimate of drug-likeness (QED) is 0.116. The molecule has 1 aliphatic heterocycles. The number of alkyl halides is 3. The van der Waals surface area contributed by atoms with Crippen LogP contribution in [0.1, 0.15) is 59.8 Å². The third kappa shape index (κ3) is 11.8. The molecule has 8 heteroatoms. The first kappa shape index (κ1) is 31.4. The zero-order chi connectivity index (χ0) is 27.8. The summed E-state index contributed by atoms with van der Waals surface area (Å²) in [5.41, 5.74) is 4.64. The Labute approximate surface area is 216 Å². The molecule has 0 aromatic heterocycles. The fraction of sp³-hybridized carbons (Fsp3) is 0.379. The zero-order valence-corrected chi connectivity index (χ0v) is 21.7. The number of halogens is 3. The van der Waals surface area contributed by atoms with E-state index < -0.39 is 30.6 Å². The molecule has 0 atom stereocenters. The first-order valence-corrected chi connectivity index (χ1v) is 12.0. The Balaban J connectivity index is 3.17. The second kappa shape index (κ2) is 16.2. The highest BCUT2D eigenvalue weighted by atomic mass is 19.4. The molecule has 1 aliphatic rings. The molecule has 0 saturated carbocycles. The standard InChI is InChI=1S/C29H33F3N2O3/c1-5-11-25(26(35)14-9-12-24-13-10-17-33-34-20-23(24)8-4)28(37)19-21(15-16-29(30,31)32)18-27(36)22(6-2)7-3/h5-6,8-10,13-14,17,19H,7,12,15-16,18,20H2,1-4H3/b14-9+,17-10+,21-19+,22-6-,23-8-,24-13+,34-33?. The summed E-state index contributed by atoms with van der Waals surface area (Å²) in [6.45, 7) is 7.28. The van der Waals surface area contributed by atoms with Gasteiger partial charge in [0, 0.05) is 19.0 Å². The predicted molar refractivity (Wildman–Crippen MR) is 139 cm³/mol. The third-order valence-corrected chi connectivity index (χ3v) is 5.46. The van der Waals surface area contributed by atoms with E-state index >= 15 is 0 Å². The lowest BCUT2D eigenvalue weighted by Gasteiger charge is -2.11. The Kier molecular flexibility index (Phi) is 13.7. The van der Waals surface area contributed by atoms with E-state index in [1.54, 1.807) is 45.2 Å². The highest BCUT2D eigenvalue weighted by Crippen LogP contribution is 2.26. The highest BCUT2D eigenvalue weighted by Gasteiger charge is 2.28. The summed E-state index contributed by atoms with van der Waals surface area (Å²) in [6.07, 6.45) is 8.20. The van der Waals surface area contributed by atoms with Crippen molar-refractivity contribution in [2.75, 3.05) is 6.54 Å². The van der Waals surface area contributed by atoms with Gasteiger partial charge in [0.2, 0.25) is 0 Å². The van der Waals surface area contributed by atoms with E-state index in [0.717, 1.165) is 17.2 Å². The minimum absolute atomic E-state index is 0.0191. The molecule has 0 amide bonds. The second-order valence-corrected chi connectivity index (χ2v) is 8.09. The van der Waals surface area contributed by atoms with Crippen molar-refractivity contribution in [3.8, 4) is 0 Å². The van der Waals surface area contributed by atoms with Gasteiger partial charge in [-0.15, -0.1) is 5.73 Å². The van der Waals surface area contributed by atoms with E-state index in [0.29, 0.717) is 25.0 Å². The molecule has 0 aromatic carbocycles. The van der Waals surface area contributed by atoms with Crippen molar-refractivity contribution < 1.29 is 27.6 Å². The number of Topliss-reactive ketones (excluding diaryl/α,β-unsaturated/α-hetero) is 1. The van der Waals surface area contributed by atoms with Gasteiger partial charge >= 0.3 is 6.18 Å². The molecular formula is C29H33F3N2O3. The van der Waals surface area contributed by atoms with Gasteiger partial charge in [-0.2, -0.15) is 23.4 Å². The maximum atomic E-state index is 12.9. The van der Waals surface area contributed by atoms with E-state index in [2.05, 4.69) is 16.0 Å². The van der Waals surface area contributed by atoms with Crippen molar-refractivity contribution in [2.24, 2.45) is 10.2 Å². The monoisotopic (exact) mass is 514 g/mol. The third-order valence-electron chi connectivity index (χ3n) is 5.46. The SMILES string of the molecule is CC=C=C(C(=O)/C=C/C/C1=C\C=C\N=NC\C1=C\C)C(=O)/C=C(\CCC(F)(F)F)CC(=O)/C(=C\C)CC. The van der Waals surface area contributed by atoms with Gasteiger partial charge in [0.25, 0.3) is 0 Å². The van der Waals surface area contributed by atoms with Crippen molar-refractivity contribution in [1.29, 1.82) is 0 Å². The van der Waals surface area contributed by atoms with Crippen molar-refractivity contribution in [3.05, 3.63) is 88.4 Å². The summed E-state index contributed by atoms with van der Waals surface area (Å²) in [5.74, 6) is -1.78. The van der Waals surface area contributed by atoms with E-state index in [9.17, 15) is 27.6 Å².